The molecule has 3 aromatic rings. The largest absolute Gasteiger partial charge is 0.481 e. The van der Waals surface area contributed by atoms with Crippen LogP contribution in [0.25, 0.3) is 0 Å². The van der Waals surface area contributed by atoms with Crippen LogP contribution in [0.1, 0.15) is 57.2 Å². The first kappa shape index (κ1) is 36.0. The molecule has 4 rings (SSSR count). The maximum Gasteiger partial charge on any atom is 0.416 e. The monoisotopic (exact) mass is 579 g/mol. The summed E-state index contributed by atoms with van der Waals surface area (Å²) in [6.45, 7) is 2.32. The smallest absolute Gasteiger partial charge is 0.416 e. The molecule has 0 aliphatic carbocycles. The van der Waals surface area contributed by atoms with Crippen molar-refractivity contribution >= 4 is 18.0 Å². The third-order valence-corrected chi connectivity index (χ3v) is 6.13. The third-order valence-electron chi connectivity index (χ3n) is 6.13. The van der Waals surface area contributed by atoms with Crippen LogP contribution in [-0.4, -0.2) is 53.8 Å². The van der Waals surface area contributed by atoms with E-state index >= 15 is 0 Å². The number of aliphatic carboxylic acids is 1. The van der Waals surface area contributed by atoms with E-state index in [0.717, 1.165) is 16.7 Å². The van der Waals surface area contributed by atoms with Crippen LogP contribution in [0.3, 0.4) is 0 Å². The summed E-state index contributed by atoms with van der Waals surface area (Å²) in [4.78, 5) is 35.8. The van der Waals surface area contributed by atoms with Crippen LogP contribution < -0.4 is 0 Å². The molecule has 1 heterocycles. The van der Waals surface area contributed by atoms with Crippen molar-refractivity contribution < 1.29 is 33.7 Å². The molecule has 1 fully saturated rings. The number of carbonyl (C=O) groups excluding carboxylic acids is 2. The fourth-order valence-corrected chi connectivity index (χ4v) is 4.10. The lowest BCUT2D eigenvalue weighted by Crippen LogP contribution is -2.40. The number of rotatable bonds is 14. The number of ether oxygens (including phenoxy) is 3. The highest BCUT2D eigenvalue weighted by molar-refractivity contribution is 5.93. The van der Waals surface area contributed by atoms with Crippen molar-refractivity contribution in [1.29, 1.82) is 0 Å². The summed E-state index contributed by atoms with van der Waals surface area (Å²) in [5, 5.41) is 8.37. The van der Waals surface area contributed by atoms with Gasteiger partial charge in [0.05, 0.1) is 19.3 Å². The van der Waals surface area contributed by atoms with E-state index in [1.165, 1.54) is 4.90 Å². The van der Waals surface area contributed by atoms with Gasteiger partial charge >= 0.3 is 12.1 Å². The Morgan fingerprint density at radius 2 is 1.19 bits per heavy atom. The Labute approximate surface area is 250 Å². The molecule has 1 saturated heterocycles. The van der Waals surface area contributed by atoms with E-state index < -0.39 is 12.1 Å². The maximum atomic E-state index is 12.5. The zero-order chi connectivity index (χ0) is 28.4. The Morgan fingerprint density at radius 3 is 1.67 bits per heavy atom. The quantitative estimate of drug-likeness (QED) is 0.207. The van der Waals surface area contributed by atoms with Gasteiger partial charge in [-0.05, 0) is 36.0 Å². The highest BCUT2D eigenvalue weighted by atomic mass is 16.6. The van der Waals surface area contributed by atoms with Gasteiger partial charge in [0.15, 0.2) is 0 Å². The molecule has 8 nitrogen and oxygen atoms in total. The molecule has 2 amide bonds. The Hall–Kier alpha value is -4.01. The first-order chi connectivity index (χ1) is 19.5. The molecule has 228 valence electrons. The zero-order valence-corrected chi connectivity index (χ0v) is 22.7. The molecule has 0 radical (unpaired) electrons. The van der Waals surface area contributed by atoms with Gasteiger partial charge in [0.1, 0.15) is 6.61 Å². The van der Waals surface area contributed by atoms with E-state index in [2.05, 4.69) is 0 Å². The van der Waals surface area contributed by atoms with Gasteiger partial charge in [-0.15, -0.1) is 0 Å². The second-order valence-electron chi connectivity index (χ2n) is 9.36. The number of carboxylic acid groups (broad SMARTS) is 1. The minimum absolute atomic E-state index is 0. The molecule has 0 spiro atoms. The van der Waals surface area contributed by atoms with Crippen molar-refractivity contribution in [3.8, 4) is 0 Å². The van der Waals surface area contributed by atoms with Crippen LogP contribution in [0.15, 0.2) is 91.0 Å². The summed E-state index contributed by atoms with van der Waals surface area (Å²) in [5.41, 5.74) is 3.30. The SMILES string of the molecule is C.C.O=C(CCCOCc1ccccc1)N1C(=O)OC[C@@H]1Cc1ccccc1.O=C(O)CCCOCc1ccccc1. The fourth-order valence-electron chi connectivity index (χ4n) is 4.10. The predicted octanol–water partition coefficient (Wildman–Crippen LogP) is 6.91. The fraction of sp³-hybridized carbons (Fsp3) is 0.382. The van der Waals surface area contributed by atoms with E-state index in [4.69, 9.17) is 19.3 Å². The molecule has 0 aromatic heterocycles. The highest BCUT2D eigenvalue weighted by Gasteiger charge is 2.37. The summed E-state index contributed by atoms with van der Waals surface area (Å²) >= 11 is 0. The molecule has 1 N–H and O–H groups in total. The van der Waals surface area contributed by atoms with Gasteiger partial charge in [0.25, 0.3) is 0 Å². The number of benzene rings is 3. The lowest BCUT2D eigenvalue weighted by atomic mass is 10.1. The first-order valence-electron chi connectivity index (χ1n) is 13.5. The van der Waals surface area contributed by atoms with Crippen LogP contribution in [0, 0.1) is 0 Å². The van der Waals surface area contributed by atoms with Gasteiger partial charge in [0.2, 0.25) is 5.91 Å². The molecular formula is C34H45NO7. The number of cyclic esters (lactones) is 1. The maximum absolute atomic E-state index is 12.5. The summed E-state index contributed by atoms with van der Waals surface area (Å²) < 4.78 is 16.0. The molecule has 0 saturated carbocycles. The highest BCUT2D eigenvalue weighted by Crippen LogP contribution is 2.19. The van der Waals surface area contributed by atoms with Crippen molar-refractivity contribution in [2.24, 2.45) is 0 Å². The number of carboxylic acids is 1. The predicted molar refractivity (Wildman–Crippen MR) is 164 cm³/mol. The van der Waals surface area contributed by atoms with Gasteiger partial charge in [0, 0.05) is 26.1 Å². The van der Waals surface area contributed by atoms with Crippen molar-refractivity contribution in [3.05, 3.63) is 108 Å². The molecule has 8 heteroatoms. The van der Waals surface area contributed by atoms with Gasteiger partial charge < -0.3 is 19.3 Å². The van der Waals surface area contributed by atoms with E-state index in [0.29, 0.717) is 45.7 Å². The summed E-state index contributed by atoms with van der Waals surface area (Å²) in [6, 6.07) is 29.3. The van der Waals surface area contributed by atoms with Gasteiger partial charge in [-0.1, -0.05) is 106 Å². The molecule has 42 heavy (non-hydrogen) atoms. The molecule has 3 aromatic carbocycles. The molecular weight excluding hydrogens is 534 g/mol. The first-order valence-corrected chi connectivity index (χ1v) is 13.5. The molecule has 1 aliphatic heterocycles. The van der Waals surface area contributed by atoms with E-state index in [1.54, 1.807) is 0 Å². The van der Waals surface area contributed by atoms with Crippen LogP contribution in [-0.2, 0) is 43.4 Å². The Morgan fingerprint density at radius 1 is 0.738 bits per heavy atom. The summed E-state index contributed by atoms with van der Waals surface area (Å²) in [6.07, 6.45) is 1.67. The topological polar surface area (TPSA) is 102 Å². The van der Waals surface area contributed by atoms with Crippen LogP contribution in [0.2, 0.25) is 0 Å². The van der Waals surface area contributed by atoms with E-state index in [1.807, 2.05) is 91.0 Å². The lowest BCUT2D eigenvalue weighted by molar-refractivity contribution is -0.137. The number of carbonyl (C=O) groups is 3. The van der Waals surface area contributed by atoms with Crippen LogP contribution in [0.5, 0.6) is 0 Å². The molecule has 1 atom stereocenters. The molecule has 0 bridgehead atoms. The number of hydrogen-bond acceptors (Lipinski definition) is 6. The average Bonchev–Trinajstić information content (AvgIpc) is 3.34. The summed E-state index contributed by atoms with van der Waals surface area (Å²) in [5.74, 6) is -0.968. The summed E-state index contributed by atoms with van der Waals surface area (Å²) in [7, 11) is 0. The number of amides is 2. The second-order valence-corrected chi connectivity index (χ2v) is 9.36. The average molecular weight is 580 g/mol. The van der Waals surface area contributed by atoms with Gasteiger partial charge in [-0.25, -0.2) is 9.69 Å². The Balaban J connectivity index is 0.000000472. The third kappa shape index (κ3) is 13.6. The Kier molecular flexibility index (Phi) is 17.8. The Bertz CT molecular complexity index is 1160. The van der Waals surface area contributed by atoms with Crippen molar-refractivity contribution in [2.45, 2.75) is 66.2 Å². The van der Waals surface area contributed by atoms with Crippen molar-refractivity contribution in [1.82, 2.24) is 4.90 Å². The second kappa shape index (κ2) is 20.8. The number of imide groups is 1. The zero-order valence-electron chi connectivity index (χ0n) is 22.7. The minimum Gasteiger partial charge on any atom is -0.481 e. The minimum atomic E-state index is -0.770. The van der Waals surface area contributed by atoms with Crippen molar-refractivity contribution in [3.63, 3.8) is 0 Å². The number of nitrogens with zero attached hydrogens (tertiary/aromatic N) is 1. The normalized spacial score (nSPS) is 13.6. The van der Waals surface area contributed by atoms with Gasteiger partial charge in [-0.2, -0.15) is 0 Å². The van der Waals surface area contributed by atoms with Crippen LogP contribution in [0.4, 0.5) is 4.79 Å². The lowest BCUT2D eigenvalue weighted by Gasteiger charge is -2.19. The molecule has 0 unspecified atom stereocenters. The van der Waals surface area contributed by atoms with E-state index in [-0.39, 0.29) is 46.3 Å². The molecule has 1 aliphatic rings. The van der Waals surface area contributed by atoms with Crippen molar-refractivity contribution in [2.75, 3.05) is 19.8 Å². The van der Waals surface area contributed by atoms with Crippen LogP contribution >= 0.6 is 0 Å². The standard InChI is InChI=1S/C21H23NO4.C11H14O3.2CH4/c23-20(12-7-13-25-15-18-10-5-2-6-11-18)22-19(16-26-21(22)24)14-17-8-3-1-4-9-17;12-11(13)7-4-8-14-9-10-5-2-1-3-6-10;;/h1-6,8-11,19H,7,12-16H2;1-3,5-6H,4,7-9H2,(H,12,13);2*1H4/t19-;;;/m0.../s1. The number of hydrogen-bond donors (Lipinski definition) is 1. The van der Waals surface area contributed by atoms with E-state index in [9.17, 15) is 14.4 Å². The van der Waals surface area contributed by atoms with Gasteiger partial charge in [-0.3, -0.25) is 9.59 Å².